The number of Topliss-reactive ketones (excluding diaryl/α,β-unsaturated/α-hetero) is 1. The molecule has 0 saturated heterocycles. The van der Waals surface area contributed by atoms with Crippen molar-refractivity contribution < 1.29 is 13.9 Å². The number of carbonyl (C=O) groups excluding carboxylic acids is 1. The van der Waals surface area contributed by atoms with Crippen LogP contribution in [-0.4, -0.2) is 12.4 Å². The standard InChI is InChI=1S/C16H18O4/c1-2-3-4-5-13(17)11-19-14-8-6-12-7-9-16(18)20-15(12)10-14/h6-10H,2-5,11H2,1H3. The smallest absolute Gasteiger partial charge is 0.336 e. The number of fused-ring (bicyclic) bond motifs is 1. The van der Waals surface area contributed by atoms with E-state index in [1.165, 1.54) is 6.07 Å². The van der Waals surface area contributed by atoms with E-state index in [-0.39, 0.29) is 12.4 Å². The third-order valence-corrected chi connectivity index (χ3v) is 3.05. The SMILES string of the molecule is CCCCCC(=O)COc1ccc2ccc(=O)oc2c1. The highest BCUT2D eigenvalue weighted by Gasteiger charge is 2.05. The highest BCUT2D eigenvalue weighted by Crippen LogP contribution is 2.19. The van der Waals surface area contributed by atoms with Crippen LogP contribution >= 0.6 is 0 Å². The molecule has 0 N–H and O–H groups in total. The summed E-state index contributed by atoms with van der Waals surface area (Å²) in [5.74, 6) is 0.628. The van der Waals surface area contributed by atoms with E-state index in [9.17, 15) is 9.59 Å². The zero-order valence-corrected chi connectivity index (χ0v) is 11.6. The summed E-state index contributed by atoms with van der Waals surface area (Å²) in [4.78, 5) is 22.8. The molecule has 0 aliphatic carbocycles. The first-order valence-corrected chi connectivity index (χ1v) is 6.87. The highest BCUT2D eigenvalue weighted by molar-refractivity contribution is 5.80. The van der Waals surface area contributed by atoms with E-state index >= 15 is 0 Å². The van der Waals surface area contributed by atoms with Gasteiger partial charge in [-0.3, -0.25) is 4.79 Å². The molecule has 1 aromatic carbocycles. The third kappa shape index (κ3) is 3.95. The van der Waals surface area contributed by atoms with Gasteiger partial charge in [0.25, 0.3) is 0 Å². The molecule has 0 aliphatic heterocycles. The van der Waals surface area contributed by atoms with Crippen LogP contribution < -0.4 is 10.4 Å². The minimum atomic E-state index is -0.398. The molecular formula is C16H18O4. The number of rotatable bonds is 7. The van der Waals surface area contributed by atoms with Crippen molar-refractivity contribution in [2.45, 2.75) is 32.6 Å². The van der Waals surface area contributed by atoms with Crippen molar-refractivity contribution in [2.75, 3.05) is 6.61 Å². The Hall–Kier alpha value is -2.10. The fraction of sp³-hybridized carbons (Fsp3) is 0.375. The minimum absolute atomic E-state index is 0.0618. The van der Waals surface area contributed by atoms with E-state index in [1.54, 1.807) is 24.3 Å². The zero-order valence-electron chi connectivity index (χ0n) is 11.6. The average molecular weight is 274 g/mol. The topological polar surface area (TPSA) is 56.5 Å². The summed E-state index contributed by atoms with van der Waals surface area (Å²) >= 11 is 0. The van der Waals surface area contributed by atoms with Crippen molar-refractivity contribution in [3.05, 3.63) is 40.8 Å². The molecule has 1 aromatic heterocycles. The van der Waals surface area contributed by atoms with Crippen molar-refractivity contribution in [3.63, 3.8) is 0 Å². The van der Waals surface area contributed by atoms with Gasteiger partial charge in [0.15, 0.2) is 5.78 Å². The van der Waals surface area contributed by atoms with Crippen LogP contribution in [0.15, 0.2) is 39.5 Å². The van der Waals surface area contributed by atoms with E-state index in [2.05, 4.69) is 6.92 Å². The van der Waals surface area contributed by atoms with Crippen molar-refractivity contribution in [1.29, 1.82) is 0 Å². The number of benzene rings is 1. The van der Waals surface area contributed by atoms with Gasteiger partial charge in [-0.2, -0.15) is 0 Å². The Labute approximate surface area is 117 Å². The molecular weight excluding hydrogens is 256 g/mol. The first-order chi connectivity index (χ1) is 9.69. The summed E-state index contributed by atoms with van der Waals surface area (Å²) in [6, 6.07) is 8.27. The molecule has 4 heteroatoms. The molecule has 2 aromatic rings. The largest absolute Gasteiger partial charge is 0.486 e. The lowest BCUT2D eigenvalue weighted by molar-refractivity contribution is -0.121. The maximum atomic E-state index is 11.6. The van der Waals surface area contributed by atoms with Crippen molar-refractivity contribution in [1.82, 2.24) is 0 Å². The Morgan fingerprint density at radius 3 is 2.80 bits per heavy atom. The number of ketones is 1. The molecule has 4 nitrogen and oxygen atoms in total. The maximum absolute atomic E-state index is 11.6. The lowest BCUT2D eigenvalue weighted by Crippen LogP contribution is -2.10. The molecule has 0 aliphatic rings. The lowest BCUT2D eigenvalue weighted by Gasteiger charge is -2.06. The number of unbranched alkanes of at least 4 members (excludes halogenated alkanes) is 2. The van der Waals surface area contributed by atoms with Crippen LogP contribution in [0, 0.1) is 0 Å². The molecule has 0 fully saturated rings. The lowest BCUT2D eigenvalue weighted by atomic mass is 10.1. The second kappa shape index (κ2) is 6.89. The van der Waals surface area contributed by atoms with E-state index < -0.39 is 5.63 Å². The predicted molar refractivity (Wildman–Crippen MR) is 77.1 cm³/mol. The van der Waals surface area contributed by atoms with E-state index in [0.29, 0.717) is 17.8 Å². The summed E-state index contributed by atoms with van der Waals surface area (Å²) in [6.07, 6.45) is 3.62. The van der Waals surface area contributed by atoms with Crippen molar-refractivity contribution in [2.24, 2.45) is 0 Å². The summed E-state index contributed by atoms with van der Waals surface area (Å²) in [5.41, 5.74) is 0.0683. The number of hydrogen-bond acceptors (Lipinski definition) is 4. The van der Waals surface area contributed by atoms with Gasteiger partial charge in [-0.05, 0) is 24.6 Å². The van der Waals surface area contributed by atoms with Gasteiger partial charge in [-0.1, -0.05) is 19.8 Å². The maximum Gasteiger partial charge on any atom is 0.336 e. The molecule has 0 amide bonds. The van der Waals surface area contributed by atoms with Crippen LogP contribution in [0.25, 0.3) is 11.0 Å². The van der Waals surface area contributed by atoms with Gasteiger partial charge in [0.1, 0.15) is 17.9 Å². The quantitative estimate of drug-likeness (QED) is 0.574. The van der Waals surface area contributed by atoms with E-state index in [1.807, 2.05) is 0 Å². The molecule has 0 unspecified atom stereocenters. The van der Waals surface area contributed by atoms with Crippen LogP contribution in [0.3, 0.4) is 0 Å². The van der Waals surface area contributed by atoms with Gasteiger partial charge >= 0.3 is 5.63 Å². The van der Waals surface area contributed by atoms with Gasteiger partial charge in [-0.25, -0.2) is 4.79 Å². The van der Waals surface area contributed by atoms with Crippen molar-refractivity contribution >= 4 is 16.8 Å². The summed E-state index contributed by atoms with van der Waals surface area (Å²) in [6.45, 7) is 2.16. The Morgan fingerprint density at radius 1 is 1.20 bits per heavy atom. The monoisotopic (exact) mass is 274 g/mol. The third-order valence-electron chi connectivity index (χ3n) is 3.05. The van der Waals surface area contributed by atoms with Crippen LogP contribution in [0.1, 0.15) is 32.6 Å². The molecule has 106 valence electrons. The second-order valence-electron chi connectivity index (χ2n) is 4.74. The van der Waals surface area contributed by atoms with Gasteiger partial charge in [0.2, 0.25) is 0 Å². The van der Waals surface area contributed by atoms with Crippen molar-refractivity contribution in [3.8, 4) is 5.75 Å². The molecule has 1 heterocycles. The number of hydrogen-bond donors (Lipinski definition) is 0. The van der Waals surface area contributed by atoms with Gasteiger partial charge < -0.3 is 9.15 Å². The molecule has 2 rings (SSSR count). The van der Waals surface area contributed by atoms with Gasteiger partial charge in [0, 0.05) is 23.9 Å². The van der Waals surface area contributed by atoms with Gasteiger partial charge in [0.05, 0.1) is 0 Å². The molecule has 20 heavy (non-hydrogen) atoms. The van der Waals surface area contributed by atoms with Crippen LogP contribution in [0.5, 0.6) is 5.75 Å². The van der Waals surface area contributed by atoms with E-state index in [4.69, 9.17) is 9.15 Å². The summed E-state index contributed by atoms with van der Waals surface area (Å²) in [7, 11) is 0. The van der Waals surface area contributed by atoms with Gasteiger partial charge in [-0.15, -0.1) is 0 Å². The Morgan fingerprint density at radius 2 is 2.00 bits per heavy atom. The molecule has 0 atom stereocenters. The number of carbonyl (C=O) groups is 1. The Kier molecular flexibility index (Phi) is 4.93. The first-order valence-electron chi connectivity index (χ1n) is 6.87. The fourth-order valence-electron chi connectivity index (χ4n) is 1.94. The summed E-state index contributed by atoms with van der Waals surface area (Å²) < 4.78 is 10.5. The molecule has 0 spiro atoms. The van der Waals surface area contributed by atoms with Crippen LogP contribution in [0.2, 0.25) is 0 Å². The molecule has 0 bridgehead atoms. The fourth-order valence-corrected chi connectivity index (χ4v) is 1.94. The average Bonchev–Trinajstić information content (AvgIpc) is 2.45. The highest BCUT2D eigenvalue weighted by atomic mass is 16.5. The zero-order chi connectivity index (χ0) is 14.4. The molecule has 0 saturated carbocycles. The van der Waals surface area contributed by atoms with Crippen LogP contribution in [0.4, 0.5) is 0 Å². The predicted octanol–water partition coefficient (Wildman–Crippen LogP) is 3.32. The molecule has 0 radical (unpaired) electrons. The summed E-state index contributed by atoms with van der Waals surface area (Å²) in [5, 5.41) is 0.825. The second-order valence-corrected chi connectivity index (χ2v) is 4.74. The number of ether oxygens (including phenoxy) is 1. The first kappa shape index (κ1) is 14.3. The Balaban J connectivity index is 1.96. The Bertz CT molecular complexity index is 642. The van der Waals surface area contributed by atoms with Crippen LogP contribution in [-0.2, 0) is 4.79 Å². The van der Waals surface area contributed by atoms with E-state index in [0.717, 1.165) is 24.6 Å². The normalized spacial score (nSPS) is 10.7. The minimum Gasteiger partial charge on any atom is -0.486 e.